The van der Waals surface area contributed by atoms with Crippen LogP contribution in [0.25, 0.3) is 0 Å². The summed E-state index contributed by atoms with van der Waals surface area (Å²) >= 11 is 5.87. The lowest BCUT2D eigenvalue weighted by atomic mass is 10.1. The van der Waals surface area contributed by atoms with Crippen LogP contribution in [-0.4, -0.2) is 9.55 Å². The van der Waals surface area contributed by atoms with Crippen LogP contribution in [0.2, 0.25) is 5.02 Å². The maximum atomic E-state index is 6.22. The van der Waals surface area contributed by atoms with E-state index in [1.165, 1.54) is 5.56 Å². The van der Waals surface area contributed by atoms with E-state index in [0.29, 0.717) is 0 Å². The third-order valence-electron chi connectivity index (χ3n) is 2.91. The molecule has 1 atom stereocenters. The Kier molecular flexibility index (Phi) is 4.39. The summed E-state index contributed by atoms with van der Waals surface area (Å²) in [5, 5.41) is 0.750. The molecule has 96 valence electrons. The molecule has 1 heterocycles. The van der Waals surface area contributed by atoms with Gasteiger partial charge in [0.15, 0.2) is 0 Å². The van der Waals surface area contributed by atoms with Gasteiger partial charge >= 0.3 is 0 Å². The molecule has 1 unspecified atom stereocenters. The van der Waals surface area contributed by atoms with Crippen molar-refractivity contribution in [1.82, 2.24) is 9.55 Å². The molecule has 0 saturated carbocycles. The Bertz CT molecular complexity index is 490. The average Bonchev–Trinajstić information content (AvgIpc) is 2.81. The van der Waals surface area contributed by atoms with Crippen LogP contribution in [0.4, 0.5) is 0 Å². The fourth-order valence-corrected chi connectivity index (χ4v) is 2.17. The molecule has 0 fully saturated rings. The second-order valence-corrected chi connectivity index (χ2v) is 4.85. The fraction of sp³-hybridized carbons (Fsp3) is 0.357. The molecular weight excluding hydrogens is 246 g/mol. The SMILES string of the molecule is CCCn1ccnc1C(N)Cc1ccc(Cl)cc1. The molecule has 1 aromatic carbocycles. The quantitative estimate of drug-likeness (QED) is 0.900. The highest BCUT2D eigenvalue weighted by atomic mass is 35.5. The highest BCUT2D eigenvalue weighted by Crippen LogP contribution is 2.17. The lowest BCUT2D eigenvalue weighted by Gasteiger charge is -2.13. The molecular formula is C14H18ClN3. The van der Waals surface area contributed by atoms with Crippen molar-refractivity contribution < 1.29 is 0 Å². The molecule has 3 nitrogen and oxygen atoms in total. The van der Waals surface area contributed by atoms with Gasteiger partial charge in [-0.1, -0.05) is 30.7 Å². The van der Waals surface area contributed by atoms with Crippen molar-refractivity contribution in [2.75, 3.05) is 0 Å². The molecule has 0 aliphatic heterocycles. The summed E-state index contributed by atoms with van der Waals surface area (Å²) in [6, 6.07) is 7.72. The molecule has 0 radical (unpaired) electrons. The van der Waals surface area contributed by atoms with E-state index < -0.39 is 0 Å². The van der Waals surface area contributed by atoms with Crippen LogP contribution in [-0.2, 0) is 13.0 Å². The number of halogens is 1. The van der Waals surface area contributed by atoms with Crippen LogP contribution in [0.15, 0.2) is 36.7 Å². The van der Waals surface area contributed by atoms with Gasteiger partial charge in [-0.2, -0.15) is 0 Å². The van der Waals surface area contributed by atoms with Gasteiger partial charge in [-0.3, -0.25) is 0 Å². The average molecular weight is 264 g/mol. The van der Waals surface area contributed by atoms with Gasteiger partial charge in [-0.15, -0.1) is 0 Å². The first-order valence-electron chi connectivity index (χ1n) is 6.21. The number of aromatic nitrogens is 2. The standard InChI is InChI=1S/C14H18ClN3/c1-2-8-18-9-7-17-14(18)13(16)10-11-3-5-12(15)6-4-11/h3-7,9,13H,2,8,10,16H2,1H3. The van der Waals surface area contributed by atoms with Gasteiger partial charge in [0.25, 0.3) is 0 Å². The van der Waals surface area contributed by atoms with E-state index in [2.05, 4.69) is 16.5 Å². The van der Waals surface area contributed by atoms with E-state index in [1.807, 2.05) is 36.7 Å². The van der Waals surface area contributed by atoms with Crippen LogP contribution >= 0.6 is 11.6 Å². The Balaban J connectivity index is 2.09. The number of hydrogen-bond donors (Lipinski definition) is 1. The molecule has 2 rings (SSSR count). The second-order valence-electron chi connectivity index (χ2n) is 4.42. The van der Waals surface area contributed by atoms with Crippen molar-refractivity contribution in [3.63, 3.8) is 0 Å². The minimum absolute atomic E-state index is 0.0762. The van der Waals surface area contributed by atoms with Crippen molar-refractivity contribution in [2.45, 2.75) is 32.4 Å². The lowest BCUT2D eigenvalue weighted by molar-refractivity contribution is 0.574. The van der Waals surface area contributed by atoms with Gasteiger partial charge in [-0.05, 0) is 30.5 Å². The Morgan fingerprint density at radius 3 is 2.72 bits per heavy atom. The molecule has 2 N–H and O–H groups in total. The normalized spacial score (nSPS) is 12.6. The number of aryl methyl sites for hydroxylation is 1. The van der Waals surface area contributed by atoms with E-state index in [0.717, 1.165) is 30.2 Å². The summed E-state index contributed by atoms with van der Waals surface area (Å²) in [5.41, 5.74) is 7.40. The minimum Gasteiger partial charge on any atom is -0.334 e. The number of benzene rings is 1. The number of rotatable bonds is 5. The minimum atomic E-state index is -0.0762. The van der Waals surface area contributed by atoms with Crippen LogP contribution in [0.3, 0.4) is 0 Å². The third-order valence-corrected chi connectivity index (χ3v) is 3.16. The van der Waals surface area contributed by atoms with E-state index in [4.69, 9.17) is 17.3 Å². The first-order chi connectivity index (χ1) is 8.70. The van der Waals surface area contributed by atoms with E-state index >= 15 is 0 Å². The van der Waals surface area contributed by atoms with Crippen molar-refractivity contribution in [1.29, 1.82) is 0 Å². The van der Waals surface area contributed by atoms with Gasteiger partial charge in [-0.25, -0.2) is 4.98 Å². The zero-order chi connectivity index (χ0) is 13.0. The number of imidazole rings is 1. The summed E-state index contributed by atoms with van der Waals surface area (Å²) < 4.78 is 2.13. The topological polar surface area (TPSA) is 43.8 Å². The van der Waals surface area contributed by atoms with Crippen molar-refractivity contribution >= 4 is 11.6 Å². The zero-order valence-electron chi connectivity index (χ0n) is 10.5. The third kappa shape index (κ3) is 3.12. The molecule has 0 aliphatic rings. The predicted molar refractivity (Wildman–Crippen MR) is 74.6 cm³/mol. The van der Waals surface area contributed by atoms with Crippen LogP contribution in [0.1, 0.15) is 30.8 Å². The Hall–Kier alpha value is -1.32. The molecule has 1 aromatic heterocycles. The summed E-state index contributed by atoms with van der Waals surface area (Å²) in [6.07, 6.45) is 5.65. The summed E-state index contributed by atoms with van der Waals surface area (Å²) in [6.45, 7) is 3.11. The van der Waals surface area contributed by atoms with Crippen molar-refractivity contribution in [3.05, 3.63) is 53.1 Å². The van der Waals surface area contributed by atoms with Crippen molar-refractivity contribution in [2.24, 2.45) is 5.73 Å². The number of nitrogens with two attached hydrogens (primary N) is 1. The Labute approximate surface area is 113 Å². The first kappa shape index (κ1) is 13.1. The van der Waals surface area contributed by atoms with Gasteiger partial charge in [0, 0.05) is 24.0 Å². The maximum Gasteiger partial charge on any atom is 0.125 e. The smallest absolute Gasteiger partial charge is 0.125 e. The molecule has 0 aliphatic carbocycles. The largest absolute Gasteiger partial charge is 0.334 e. The highest BCUT2D eigenvalue weighted by molar-refractivity contribution is 6.30. The number of hydrogen-bond acceptors (Lipinski definition) is 2. The maximum absolute atomic E-state index is 6.22. The fourth-order valence-electron chi connectivity index (χ4n) is 2.05. The molecule has 0 spiro atoms. The van der Waals surface area contributed by atoms with Gasteiger partial charge in [0.2, 0.25) is 0 Å². The molecule has 4 heteroatoms. The zero-order valence-corrected chi connectivity index (χ0v) is 11.3. The van der Waals surface area contributed by atoms with Gasteiger partial charge < -0.3 is 10.3 Å². The van der Waals surface area contributed by atoms with E-state index in [9.17, 15) is 0 Å². The Morgan fingerprint density at radius 2 is 2.06 bits per heavy atom. The summed E-state index contributed by atoms with van der Waals surface area (Å²) in [5.74, 6) is 0.951. The van der Waals surface area contributed by atoms with Gasteiger partial charge in [0.05, 0.1) is 6.04 Å². The predicted octanol–water partition coefficient (Wildman–Crippen LogP) is 3.19. The first-order valence-corrected chi connectivity index (χ1v) is 6.59. The monoisotopic (exact) mass is 263 g/mol. The molecule has 0 amide bonds. The summed E-state index contributed by atoms with van der Waals surface area (Å²) in [7, 11) is 0. The number of nitrogens with zero attached hydrogens (tertiary/aromatic N) is 2. The van der Waals surface area contributed by atoms with E-state index in [1.54, 1.807) is 0 Å². The second kappa shape index (κ2) is 6.03. The van der Waals surface area contributed by atoms with Crippen LogP contribution < -0.4 is 5.73 Å². The Morgan fingerprint density at radius 1 is 1.33 bits per heavy atom. The van der Waals surface area contributed by atoms with E-state index in [-0.39, 0.29) is 6.04 Å². The van der Waals surface area contributed by atoms with Crippen LogP contribution in [0.5, 0.6) is 0 Å². The molecule has 0 bridgehead atoms. The van der Waals surface area contributed by atoms with Gasteiger partial charge in [0.1, 0.15) is 5.82 Å². The van der Waals surface area contributed by atoms with Crippen molar-refractivity contribution in [3.8, 4) is 0 Å². The molecule has 0 saturated heterocycles. The lowest BCUT2D eigenvalue weighted by Crippen LogP contribution is -2.19. The molecule has 2 aromatic rings. The molecule has 18 heavy (non-hydrogen) atoms. The highest BCUT2D eigenvalue weighted by Gasteiger charge is 2.12. The summed E-state index contributed by atoms with van der Waals surface area (Å²) in [4.78, 5) is 4.36. The van der Waals surface area contributed by atoms with Crippen LogP contribution in [0, 0.1) is 0 Å².